The van der Waals surface area contributed by atoms with Crippen LogP contribution in [0.1, 0.15) is 31.9 Å². The molecule has 0 aromatic heterocycles. The fourth-order valence-electron chi connectivity index (χ4n) is 2.88. The van der Waals surface area contributed by atoms with Crippen molar-refractivity contribution < 1.29 is 13.2 Å². The average Bonchev–Trinajstić information content (AvgIpc) is 2.59. The van der Waals surface area contributed by atoms with E-state index in [-0.39, 0.29) is 10.8 Å². The van der Waals surface area contributed by atoms with Crippen molar-refractivity contribution in [3.8, 4) is 0 Å². The van der Waals surface area contributed by atoms with Gasteiger partial charge in [0.25, 0.3) is 10.0 Å². The monoisotopic (exact) mass is 374 g/mol. The number of hydrogen-bond donors (Lipinski definition) is 0. The zero-order valence-corrected chi connectivity index (χ0v) is 16.8. The lowest BCUT2D eigenvalue weighted by Crippen LogP contribution is -2.31. The van der Waals surface area contributed by atoms with Gasteiger partial charge in [0.15, 0.2) is 0 Å². The Morgan fingerprint density at radius 3 is 1.92 bits per heavy atom. The molecule has 5 nitrogen and oxygen atoms in total. The van der Waals surface area contributed by atoms with Crippen molar-refractivity contribution in [1.29, 1.82) is 0 Å². The van der Waals surface area contributed by atoms with Gasteiger partial charge in [0, 0.05) is 25.7 Å². The largest absolute Gasteiger partial charge is 0.313 e. The lowest BCUT2D eigenvalue weighted by Gasteiger charge is -2.24. The molecule has 6 heteroatoms. The Morgan fingerprint density at radius 1 is 0.885 bits per heavy atom. The van der Waals surface area contributed by atoms with Gasteiger partial charge in [-0.2, -0.15) is 0 Å². The first kappa shape index (κ1) is 20.0. The number of amides is 1. The van der Waals surface area contributed by atoms with Crippen molar-refractivity contribution in [2.24, 2.45) is 0 Å². The molecule has 2 aromatic carbocycles. The first-order valence-electron chi connectivity index (χ1n) is 8.70. The molecule has 140 valence electrons. The number of rotatable bonds is 6. The summed E-state index contributed by atoms with van der Waals surface area (Å²) in [5.41, 5.74) is 3.51. The van der Waals surface area contributed by atoms with Crippen LogP contribution in [0.15, 0.2) is 47.4 Å². The minimum atomic E-state index is -3.67. The first-order valence-corrected chi connectivity index (χ1v) is 10.1. The second-order valence-electron chi connectivity index (χ2n) is 6.20. The first-order chi connectivity index (χ1) is 12.2. The van der Waals surface area contributed by atoms with Crippen LogP contribution in [0, 0.1) is 13.8 Å². The predicted molar refractivity (Wildman–Crippen MR) is 106 cm³/mol. The van der Waals surface area contributed by atoms with Crippen molar-refractivity contribution in [1.82, 2.24) is 0 Å². The number of hydrogen-bond acceptors (Lipinski definition) is 3. The fraction of sp³-hybridized carbons (Fsp3) is 0.350. The van der Waals surface area contributed by atoms with Crippen LogP contribution in [-0.2, 0) is 14.8 Å². The lowest BCUT2D eigenvalue weighted by molar-refractivity contribution is -0.116. The van der Waals surface area contributed by atoms with Crippen LogP contribution in [0.25, 0.3) is 0 Å². The molecular weight excluding hydrogens is 348 g/mol. The van der Waals surface area contributed by atoms with Gasteiger partial charge in [0.1, 0.15) is 0 Å². The molecule has 0 saturated carbocycles. The van der Waals surface area contributed by atoms with Gasteiger partial charge in [-0.05, 0) is 75.2 Å². The Kier molecular flexibility index (Phi) is 6.08. The molecule has 0 saturated heterocycles. The Bertz CT molecular complexity index is 890. The van der Waals surface area contributed by atoms with Crippen molar-refractivity contribution in [3.05, 3.63) is 53.6 Å². The van der Waals surface area contributed by atoms with E-state index in [0.29, 0.717) is 24.5 Å². The van der Waals surface area contributed by atoms with Gasteiger partial charge >= 0.3 is 0 Å². The van der Waals surface area contributed by atoms with Gasteiger partial charge in [0.05, 0.1) is 10.6 Å². The molecule has 1 amide bonds. The molecule has 0 unspecified atom stereocenters. The van der Waals surface area contributed by atoms with Crippen molar-refractivity contribution >= 4 is 27.3 Å². The number of carbonyl (C=O) groups is 1. The molecule has 0 fully saturated rings. The number of nitrogens with zero attached hydrogens (tertiary/aromatic N) is 2. The molecule has 2 rings (SSSR count). The number of anilines is 2. The third-order valence-electron chi connectivity index (χ3n) is 4.50. The van der Waals surface area contributed by atoms with Gasteiger partial charge in [0.2, 0.25) is 5.91 Å². The lowest BCUT2D eigenvalue weighted by atomic mass is 10.1. The molecular formula is C20H26N2O3S. The van der Waals surface area contributed by atoms with Gasteiger partial charge in [-0.1, -0.05) is 6.07 Å². The SMILES string of the molecule is CCN(C(C)=O)c1ccc(S(=O)(=O)N(CC)c2ccc(C)c(C)c2)cc1. The Morgan fingerprint density at radius 2 is 1.46 bits per heavy atom. The molecule has 0 radical (unpaired) electrons. The van der Waals surface area contributed by atoms with Crippen LogP contribution < -0.4 is 9.21 Å². The van der Waals surface area contributed by atoms with Crippen LogP contribution in [0.3, 0.4) is 0 Å². The standard InChI is InChI=1S/C20H26N2O3S/c1-6-21(17(5)23)18-10-12-20(13-11-18)26(24,25)22(7-2)19-9-8-15(3)16(4)14-19/h8-14H,6-7H2,1-5H3. The van der Waals surface area contributed by atoms with Gasteiger partial charge in [-0.25, -0.2) is 8.42 Å². The van der Waals surface area contributed by atoms with E-state index in [2.05, 4.69) is 0 Å². The van der Waals surface area contributed by atoms with Crippen LogP contribution >= 0.6 is 0 Å². The van der Waals surface area contributed by atoms with Gasteiger partial charge < -0.3 is 4.90 Å². The van der Waals surface area contributed by atoms with E-state index in [0.717, 1.165) is 11.1 Å². The quantitative estimate of drug-likeness (QED) is 0.771. The number of carbonyl (C=O) groups excluding carboxylic acids is 1. The van der Waals surface area contributed by atoms with Crippen molar-refractivity contribution in [2.45, 2.75) is 39.5 Å². The molecule has 0 atom stereocenters. The van der Waals surface area contributed by atoms with Gasteiger partial charge in [-0.15, -0.1) is 0 Å². The highest BCUT2D eigenvalue weighted by molar-refractivity contribution is 7.92. The molecule has 0 spiro atoms. The fourth-order valence-corrected chi connectivity index (χ4v) is 4.35. The molecule has 26 heavy (non-hydrogen) atoms. The van der Waals surface area contributed by atoms with Crippen molar-refractivity contribution in [3.63, 3.8) is 0 Å². The normalized spacial score (nSPS) is 11.3. The second-order valence-corrected chi connectivity index (χ2v) is 8.06. The smallest absolute Gasteiger partial charge is 0.264 e. The zero-order chi connectivity index (χ0) is 19.5. The second kappa shape index (κ2) is 7.91. The Balaban J connectivity index is 2.41. The molecule has 0 aliphatic heterocycles. The van der Waals surface area contributed by atoms with E-state index in [4.69, 9.17) is 0 Å². The van der Waals surface area contributed by atoms with E-state index in [1.165, 1.54) is 11.2 Å². The summed E-state index contributed by atoms with van der Waals surface area (Å²) in [5, 5.41) is 0. The third-order valence-corrected chi connectivity index (χ3v) is 6.42. The summed E-state index contributed by atoms with van der Waals surface area (Å²) < 4.78 is 27.6. The topological polar surface area (TPSA) is 57.7 Å². The minimum absolute atomic E-state index is 0.0755. The number of benzene rings is 2. The summed E-state index contributed by atoms with van der Waals surface area (Å²) in [6, 6.07) is 12.1. The summed E-state index contributed by atoms with van der Waals surface area (Å²) >= 11 is 0. The van der Waals surface area contributed by atoms with Gasteiger partial charge in [-0.3, -0.25) is 9.10 Å². The molecule has 0 aliphatic rings. The molecule has 0 aliphatic carbocycles. The van der Waals surface area contributed by atoms with Crippen LogP contribution in [-0.4, -0.2) is 27.4 Å². The van der Waals surface area contributed by atoms with Crippen molar-refractivity contribution in [2.75, 3.05) is 22.3 Å². The summed E-state index contributed by atoms with van der Waals surface area (Å²) in [4.78, 5) is 13.5. The van der Waals surface area contributed by atoms with E-state index >= 15 is 0 Å². The van der Waals surface area contributed by atoms with Crippen LogP contribution in [0.2, 0.25) is 0 Å². The van der Waals surface area contributed by atoms with E-state index < -0.39 is 10.0 Å². The summed E-state index contributed by atoms with van der Waals surface area (Å²) in [6.45, 7) is 10.0. The molecule has 2 aromatic rings. The summed E-state index contributed by atoms with van der Waals surface area (Å²) in [5.74, 6) is -0.0755. The molecule has 0 heterocycles. The van der Waals surface area contributed by atoms with E-state index in [9.17, 15) is 13.2 Å². The highest BCUT2D eigenvalue weighted by atomic mass is 32.2. The minimum Gasteiger partial charge on any atom is -0.313 e. The Labute approximate surface area is 156 Å². The summed E-state index contributed by atoms with van der Waals surface area (Å²) in [7, 11) is -3.67. The number of sulfonamides is 1. The maximum atomic E-state index is 13.1. The van der Waals surface area contributed by atoms with E-state index in [1.807, 2.05) is 45.9 Å². The average molecular weight is 375 g/mol. The van der Waals surface area contributed by atoms with Crippen LogP contribution in [0.5, 0.6) is 0 Å². The maximum absolute atomic E-state index is 13.1. The predicted octanol–water partition coefficient (Wildman–Crippen LogP) is 3.89. The summed E-state index contributed by atoms with van der Waals surface area (Å²) in [6.07, 6.45) is 0. The highest BCUT2D eigenvalue weighted by Crippen LogP contribution is 2.27. The third kappa shape index (κ3) is 3.90. The number of aryl methyl sites for hydroxylation is 2. The highest BCUT2D eigenvalue weighted by Gasteiger charge is 2.24. The van der Waals surface area contributed by atoms with Crippen LogP contribution in [0.4, 0.5) is 11.4 Å². The molecule has 0 N–H and O–H groups in total. The van der Waals surface area contributed by atoms with E-state index in [1.54, 1.807) is 29.2 Å². The Hall–Kier alpha value is -2.34. The molecule has 0 bridgehead atoms. The maximum Gasteiger partial charge on any atom is 0.264 e. The zero-order valence-electron chi connectivity index (χ0n) is 16.0.